The molecule has 0 aliphatic carbocycles. The van der Waals surface area contributed by atoms with Gasteiger partial charge in [-0.2, -0.15) is 0 Å². The van der Waals surface area contributed by atoms with E-state index in [0.29, 0.717) is 12.0 Å². The molecule has 0 radical (unpaired) electrons. The van der Waals surface area contributed by atoms with Crippen molar-refractivity contribution in [3.8, 4) is 0 Å². The van der Waals surface area contributed by atoms with E-state index in [4.69, 9.17) is 4.99 Å². The summed E-state index contributed by atoms with van der Waals surface area (Å²) >= 11 is 8.84. The molecule has 0 saturated carbocycles. The molecule has 5 heteroatoms. The Morgan fingerprint density at radius 2 is 2.17 bits per heavy atom. The number of halogens is 2. The predicted octanol–water partition coefficient (Wildman–Crippen LogP) is 5.14. The zero-order valence-corrected chi connectivity index (χ0v) is 14.4. The molecule has 0 amide bonds. The van der Waals surface area contributed by atoms with Crippen LogP contribution in [0.2, 0.25) is 0 Å². The van der Waals surface area contributed by atoms with Crippen molar-refractivity contribution >= 4 is 54.5 Å². The van der Waals surface area contributed by atoms with Crippen LogP contribution in [0.25, 0.3) is 0 Å². The van der Waals surface area contributed by atoms with Gasteiger partial charge in [-0.15, -0.1) is 0 Å². The highest BCUT2D eigenvalue weighted by Gasteiger charge is 2.19. The average molecular weight is 392 g/mol. The van der Waals surface area contributed by atoms with Crippen molar-refractivity contribution in [2.45, 2.75) is 26.3 Å². The highest BCUT2D eigenvalue weighted by molar-refractivity contribution is 9.11. The van der Waals surface area contributed by atoms with E-state index in [0.717, 1.165) is 25.6 Å². The molecular formula is C13H16Br2N2S. The summed E-state index contributed by atoms with van der Waals surface area (Å²) in [6.07, 6.45) is 1.17. The normalized spacial score (nSPS) is 19.8. The number of rotatable bonds is 2. The van der Waals surface area contributed by atoms with Crippen LogP contribution in [0.1, 0.15) is 20.3 Å². The number of nitrogens with zero attached hydrogens (tertiary/aromatic N) is 1. The SMILES string of the molecule is CC(C)C1CCSC(Nc2cc(Br)ccc2Br)=N1. The number of benzene rings is 1. The Morgan fingerprint density at radius 1 is 1.39 bits per heavy atom. The van der Waals surface area contributed by atoms with Crippen molar-refractivity contribution in [1.29, 1.82) is 0 Å². The van der Waals surface area contributed by atoms with Crippen molar-refractivity contribution < 1.29 is 0 Å². The van der Waals surface area contributed by atoms with Crippen LogP contribution in [0.3, 0.4) is 0 Å². The fourth-order valence-electron chi connectivity index (χ4n) is 1.79. The Labute approximate surface area is 129 Å². The van der Waals surface area contributed by atoms with Gasteiger partial charge >= 0.3 is 0 Å². The van der Waals surface area contributed by atoms with E-state index in [9.17, 15) is 0 Å². The van der Waals surface area contributed by atoms with Gasteiger partial charge in [-0.25, -0.2) is 0 Å². The Balaban J connectivity index is 2.15. The van der Waals surface area contributed by atoms with Crippen molar-refractivity contribution in [2.75, 3.05) is 11.1 Å². The van der Waals surface area contributed by atoms with Gasteiger partial charge in [-0.3, -0.25) is 4.99 Å². The molecule has 0 spiro atoms. The van der Waals surface area contributed by atoms with E-state index in [1.165, 1.54) is 6.42 Å². The second-order valence-corrected chi connectivity index (χ2v) is 7.49. The van der Waals surface area contributed by atoms with Crippen molar-refractivity contribution in [3.05, 3.63) is 27.1 Å². The molecule has 2 nitrogen and oxygen atoms in total. The number of hydrogen-bond donors (Lipinski definition) is 1. The monoisotopic (exact) mass is 390 g/mol. The van der Waals surface area contributed by atoms with Crippen molar-refractivity contribution in [2.24, 2.45) is 10.9 Å². The summed E-state index contributed by atoms with van der Waals surface area (Å²) in [5.74, 6) is 1.74. The van der Waals surface area contributed by atoms with Crippen molar-refractivity contribution in [1.82, 2.24) is 0 Å². The van der Waals surface area contributed by atoms with Crippen LogP contribution in [-0.4, -0.2) is 17.0 Å². The van der Waals surface area contributed by atoms with Gasteiger partial charge in [0.15, 0.2) is 5.17 Å². The maximum atomic E-state index is 4.78. The van der Waals surface area contributed by atoms with Crippen LogP contribution in [0.5, 0.6) is 0 Å². The molecule has 2 rings (SSSR count). The van der Waals surface area contributed by atoms with Gasteiger partial charge in [0, 0.05) is 14.7 Å². The molecule has 0 aromatic heterocycles. The lowest BCUT2D eigenvalue weighted by Crippen LogP contribution is -2.24. The van der Waals surface area contributed by atoms with Crippen LogP contribution in [-0.2, 0) is 0 Å². The van der Waals surface area contributed by atoms with E-state index in [2.05, 4.69) is 57.1 Å². The summed E-state index contributed by atoms with van der Waals surface area (Å²) in [5, 5.41) is 4.44. The topological polar surface area (TPSA) is 24.4 Å². The molecule has 0 fully saturated rings. The first-order chi connectivity index (χ1) is 8.56. The first kappa shape index (κ1) is 14.4. The molecule has 18 heavy (non-hydrogen) atoms. The second-order valence-electron chi connectivity index (χ2n) is 4.63. The summed E-state index contributed by atoms with van der Waals surface area (Å²) in [6, 6.07) is 6.55. The van der Waals surface area contributed by atoms with Crippen LogP contribution in [0.4, 0.5) is 5.69 Å². The zero-order valence-electron chi connectivity index (χ0n) is 10.4. The second kappa shape index (κ2) is 6.44. The number of nitrogens with one attached hydrogen (secondary N) is 1. The minimum Gasteiger partial charge on any atom is -0.334 e. The van der Waals surface area contributed by atoms with Gasteiger partial charge in [0.1, 0.15) is 0 Å². The third kappa shape index (κ3) is 3.75. The van der Waals surface area contributed by atoms with Crippen LogP contribution < -0.4 is 5.32 Å². The van der Waals surface area contributed by atoms with Crippen LogP contribution in [0.15, 0.2) is 32.1 Å². The lowest BCUT2D eigenvalue weighted by Gasteiger charge is -2.23. The van der Waals surface area contributed by atoms with E-state index < -0.39 is 0 Å². The molecule has 1 unspecified atom stereocenters. The maximum absolute atomic E-state index is 4.78. The fourth-order valence-corrected chi connectivity index (χ4v) is 3.44. The molecule has 1 aromatic carbocycles. The Hall–Kier alpha value is -0.000000000000000111. The summed E-state index contributed by atoms with van der Waals surface area (Å²) in [6.45, 7) is 4.47. The van der Waals surface area contributed by atoms with Gasteiger partial charge in [0.2, 0.25) is 0 Å². The largest absolute Gasteiger partial charge is 0.334 e. The van der Waals surface area contributed by atoms with Crippen molar-refractivity contribution in [3.63, 3.8) is 0 Å². The molecule has 1 atom stereocenters. The number of anilines is 1. The highest BCUT2D eigenvalue weighted by Crippen LogP contribution is 2.29. The predicted molar refractivity (Wildman–Crippen MR) is 88.6 cm³/mol. The van der Waals surface area contributed by atoms with Gasteiger partial charge in [0.05, 0.1) is 11.7 Å². The number of thioether (sulfide) groups is 1. The lowest BCUT2D eigenvalue weighted by atomic mass is 10.0. The average Bonchev–Trinajstić information content (AvgIpc) is 2.34. The number of aliphatic imine (C=N–C) groups is 1. The van der Waals surface area contributed by atoms with Gasteiger partial charge < -0.3 is 5.32 Å². The molecule has 0 bridgehead atoms. The molecule has 1 aliphatic rings. The number of amidine groups is 1. The van der Waals surface area contributed by atoms with Crippen LogP contribution >= 0.6 is 43.6 Å². The molecule has 98 valence electrons. The Bertz CT molecular complexity index is 460. The van der Waals surface area contributed by atoms with E-state index >= 15 is 0 Å². The fraction of sp³-hybridized carbons (Fsp3) is 0.462. The first-order valence-corrected chi connectivity index (χ1v) is 8.56. The third-order valence-corrected chi connectivity index (χ3v) is 4.98. The molecule has 1 heterocycles. The van der Waals surface area contributed by atoms with E-state index in [1.54, 1.807) is 11.8 Å². The smallest absolute Gasteiger partial charge is 0.161 e. The summed E-state index contributed by atoms with van der Waals surface area (Å²) in [5.41, 5.74) is 1.06. The maximum Gasteiger partial charge on any atom is 0.161 e. The van der Waals surface area contributed by atoms with Gasteiger partial charge in [-0.1, -0.05) is 41.5 Å². The highest BCUT2D eigenvalue weighted by atomic mass is 79.9. The Kier molecular flexibility index (Phi) is 5.15. The lowest BCUT2D eigenvalue weighted by molar-refractivity contribution is 0.485. The minimum absolute atomic E-state index is 0.444. The number of hydrogen-bond acceptors (Lipinski definition) is 3. The van der Waals surface area contributed by atoms with Crippen LogP contribution in [0, 0.1) is 5.92 Å². The summed E-state index contributed by atoms with van der Waals surface area (Å²) < 4.78 is 2.12. The van der Waals surface area contributed by atoms with E-state index in [-0.39, 0.29) is 0 Å². The molecule has 1 N–H and O–H groups in total. The summed E-state index contributed by atoms with van der Waals surface area (Å²) in [7, 11) is 0. The molecular weight excluding hydrogens is 376 g/mol. The minimum atomic E-state index is 0.444. The van der Waals surface area contributed by atoms with Gasteiger partial charge in [0.25, 0.3) is 0 Å². The first-order valence-electron chi connectivity index (χ1n) is 5.99. The molecule has 1 aromatic rings. The standard InChI is InChI=1S/C13H16Br2N2S/c1-8(2)11-5-6-18-13(16-11)17-12-7-9(14)3-4-10(12)15/h3-4,7-8,11H,5-6H2,1-2H3,(H,16,17). The quantitative estimate of drug-likeness (QED) is 0.754. The van der Waals surface area contributed by atoms with E-state index in [1.807, 2.05) is 12.1 Å². The molecule has 0 saturated heterocycles. The molecule has 1 aliphatic heterocycles. The third-order valence-electron chi connectivity index (χ3n) is 2.88. The zero-order chi connectivity index (χ0) is 13.1. The summed E-state index contributed by atoms with van der Waals surface area (Å²) in [4.78, 5) is 4.78. The van der Waals surface area contributed by atoms with Gasteiger partial charge in [-0.05, 0) is 46.5 Å². The Morgan fingerprint density at radius 3 is 2.89 bits per heavy atom.